The molecule has 2 aromatic carbocycles. The summed E-state index contributed by atoms with van der Waals surface area (Å²) in [6.07, 6.45) is 0.857. The van der Waals surface area contributed by atoms with Crippen LogP contribution in [0.15, 0.2) is 36.4 Å². The van der Waals surface area contributed by atoms with Gasteiger partial charge in [0.2, 0.25) is 0 Å². The van der Waals surface area contributed by atoms with Crippen molar-refractivity contribution < 1.29 is 19.4 Å². The zero-order valence-corrected chi connectivity index (χ0v) is 11.9. The van der Waals surface area contributed by atoms with Gasteiger partial charge in [-0.1, -0.05) is 11.6 Å². The second kappa shape index (κ2) is 5.66. The highest BCUT2D eigenvalue weighted by Crippen LogP contribution is 2.33. The number of carbonyl (C=O) groups is 1. The number of hydrogen-bond donors (Lipinski definition) is 1. The van der Waals surface area contributed by atoms with Crippen molar-refractivity contribution in [2.75, 3.05) is 6.61 Å². The number of aromatic carboxylic acids is 1. The smallest absolute Gasteiger partial charge is 0.335 e. The summed E-state index contributed by atoms with van der Waals surface area (Å²) in [6.45, 7) is 0.991. The molecule has 108 valence electrons. The first-order valence-electron chi connectivity index (χ1n) is 6.54. The SMILES string of the molecule is O=C(O)c1ccc(OCc2cc(Cl)cc3c2OCC3)cc1. The monoisotopic (exact) mass is 304 g/mol. The third kappa shape index (κ3) is 2.95. The van der Waals surface area contributed by atoms with Crippen LogP contribution in [0.25, 0.3) is 0 Å². The van der Waals surface area contributed by atoms with Crippen LogP contribution in [0.3, 0.4) is 0 Å². The summed E-state index contributed by atoms with van der Waals surface area (Å²) < 4.78 is 11.3. The first kappa shape index (κ1) is 13.8. The average molecular weight is 305 g/mol. The van der Waals surface area contributed by atoms with Crippen molar-refractivity contribution in [1.82, 2.24) is 0 Å². The van der Waals surface area contributed by atoms with Crippen molar-refractivity contribution in [2.45, 2.75) is 13.0 Å². The van der Waals surface area contributed by atoms with Gasteiger partial charge in [0.1, 0.15) is 18.1 Å². The lowest BCUT2D eigenvalue weighted by Gasteiger charge is -2.11. The number of fused-ring (bicyclic) bond motifs is 1. The quantitative estimate of drug-likeness (QED) is 0.938. The van der Waals surface area contributed by atoms with Crippen molar-refractivity contribution in [3.05, 3.63) is 58.1 Å². The lowest BCUT2D eigenvalue weighted by Crippen LogP contribution is -2.00. The van der Waals surface area contributed by atoms with Crippen molar-refractivity contribution in [1.29, 1.82) is 0 Å². The van der Waals surface area contributed by atoms with E-state index in [0.717, 1.165) is 23.3 Å². The summed E-state index contributed by atoms with van der Waals surface area (Å²) in [5, 5.41) is 9.51. The van der Waals surface area contributed by atoms with E-state index in [1.54, 1.807) is 12.1 Å². The zero-order chi connectivity index (χ0) is 14.8. The molecular weight excluding hydrogens is 292 g/mol. The Morgan fingerprint density at radius 2 is 2.05 bits per heavy atom. The maximum Gasteiger partial charge on any atom is 0.335 e. The van der Waals surface area contributed by atoms with Crippen LogP contribution in [0.4, 0.5) is 0 Å². The van der Waals surface area contributed by atoms with Crippen LogP contribution in [0.2, 0.25) is 5.02 Å². The molecule has 0 aliphatic carbocycles. The zero-order valence-electron chi connectivity index (χ0n) is 11.1. The number of ether oxygens (including phenoxy) is 2. The van der Waals surface area contributed by atoms with Gasteiger partial charge in [-0.15, -0.1) is 0 Å². The van der Waals surface area contributed by atoms with E-state index >= 15 is 0 Å². The molecule has 0 unspecified atom stereocenters. The summed E-state index contributed by atoms with van der Waals surface area (Å²) in [5.74, 6) is 0.496. The normalized spacial score (nSPS) is 12.6. The van der Waals surface area contributed by atoms with Gasteiger partial charge in [-0.05, 0) is 42.0 Å². The second-order valence-electron chi connectivity index (χ2n) is 4.77. The molecule has 1 N–H and O–H groups in total. The van der Waals surface area contributed by atoms with E-state index in [1.165, 1.54) is 12.1 Å². The largest absolute Gasteiger partial charge is 0.493 e. The lowest BCUT2D eigenvalue weighted by molar-refractivity contribution is 0.0697. The average Bonchev–Trinajstić information content (AvgIpc) is 2.93. The maximum atomic E-state index is 10.8. The molecule has 1 aliphatic heterocycles. The van der Waals surface area contributed by atoms with Crippen LogP contribution >= 0.6 is 11.6 Å². The number of carboxylic acids is 1. The molecular formula is C16H13ClO4. The molecule has 5 heteroatoms. The van der Waals surface area contributed by atoms with Crippen LogP contribution < -0.4 is 9.47 Å². The Balaban J connectivity index is 1.75. The van der Waals surface area contributed by atoms with Gasteiger partial charge < -0.3 is 14.6 Å². The minimum Gasteiger partial charge on any atom is -0.493 e. The van der Waals surface area contributed by atoms with Crippen molar-refractivity contribution in [3.8, 4) is 11.5 Å². The molecule has 0 saturated heterocycles. The summed E-state index contributed by atoms with van der Waals surface area (Å²) in [7, 11) is 0. The van der Waals surface area contributed by atoms with Crippen molar-refractivity contribution >= 4 is 17.6 Å². The number of carboxylic acid groups (broad SMARTS) is 1. The number of halogens is 1. The highest BCUT2D eigenvalue weighted by molar-refractivity contribution is 6.30. The Hall–Kier alpha value is -2.20. The molecule has 21 heavy (non-hydrogen) atoms. The first-order chi connectivity index (χ1) is 10.1. The van der Waals surface area contributed by atoms with Gasteiger partial charge in [-0.3, -0.25) is 0 Å². The highest BCUT2D eigenvalue weighted by Gasteiger charge is 2.17. The summed E-state index contributed by atoms with van der Waals surface area (Å²) in [6, 6.07) is 10.0. The molecule has 4 nitrogen and oxygen atoms in total. The summed E-state index contributed by atoms with van der Waals surface area (Å²) >= 11 is 6.09. The lowest BCUT2D eigenvalue weighted by atomic mass is 10.1. The Morgan fingerprint density at radius 3 is 2.76 bits per heavy atom. The topological polar surface area (TPSA) is 55.8 Å². The molecule has 0 aromatic heterocycles. The Labute approximate surface area is 126 Å². The highest BCUT2D eigenvalue weighted by atomic mass is 35.5. The fourth-order valence-corrected chi connectivity index (χ4v) is 2.57. The molecule has 1 aliphatic rings. The van der Waals surface area contributed by atoms with Gasteiger partial charge in [0, 0.05) is 17.0 Å². The molecule has 0 radical (unpaired) electrons. The Bertz CT molecular complexity index is 679. The Morgan fingerprint density at radius 1 is 1.29 bits per heavy atom. The first-order valence-corrected chi connectivity index (χ1v) is 6.91. The molecule has 3 rings (SSSR count). The predicted octanol–water partition coefficient (Wildman–Crippen LogP) is 3.55. The van der Waals surface area contributed by atoms with E-state index in [2.05, 4.69) is 0 Å². The molecule has 0 spiro atoms. The summed E-state index contributed by atoms with van der Waals surface area (Å²) in [4.78, 5) is 10.8. The van der Waals surface area contributed by atoms with Crippen molar-refractivity contribution in [2.24, 2.45) is 0 Å². The third-order valence-electron chi connectivity index (χ3n) is 3.32. The van der Waals surface area contributed by atoms with Crippen LogP contribution in [0.5, 0.6) is 11.5 Å². The van der Waals surface area contributed by atoms with E-state index in [1.807, 2.05) is 12.1 Å². The Kier molecular flexibility index (Phi) is 3.71. The fraction of sp³-hybridized carbons (Fsp3) is 0.188. The van der Waals surface area contributed by atoms with E-state index in [-0.39, 0.29) is 5.56 Å². The van der Waals surface area contributed by atoms with Crippen LogP contribution in [0, 0.1) is 0 Å². The van der Waals surface area contributed by atoms with Crippen LogP contribution in [-0.2, 0) is 13.0 Å². The third-order valence-corrected chi connectivity index (χ3v) is 3.54. The van der Waals surface area contributed by atoms with E-state index in [9.17, 15) is 4.79 Å². The second-order valence-corrected chi connectivity index (χ2v) is 5.21. The minimum atomic E-state index is -0.956. The van der Waals surface area contributed by atoms with Gasteiger partial charge in [-0.2, -0.15) is 0 Å². The molecule has 0 amide bonds. The van der Waals surface area contributed by atoms with Gasteiger partial charge in [0.05, 0.1) is 12.2 Å². The van der Waals surface area contributed by atoms with Gasteiger partial charge in [0.25, 0.3) is 0 Å². The molecule has 0 atom stereocenters. The van der Waals surface area contributed by atoms with E-state index in [4.69, 9.17) is 26.2 Å². The standard InChI is InChI=1S/C16H13ClO4/c17-13-7-11-5-6-20-15(11)12(8-13)9-21-14-3-1-10(2-4-14)16(18)19/h1-4,7-8H,5-6,9H2,(H,18,19). The van der Waals surface area contributed by atoms with Crippen molar-refractivity contribution in [3.63, 3.8) is 0 Å². The number of hydrogen-bond acceptors (Lipinski definition) is 3. The molecule has 0 fully saturated rings. The van der Waals surface area contributed by atoms with E-state index in [0.29, 0.717) is 24.0 Å². The number of benzene rings is 2. The fourth-order valence-electron chi connectivity index (χ4n) is 2.31. The van der Waals surface area contributed by atoms with Gasteiger partial charge >= 0.3 is 5.97 Å². The molecule has 2 aromatic rings. The molecule has 0 bridgehead atoms. The predicted molar refractivity (Wildman–Crippen MR) is 78.4 cm³/mol. The van der Waals surface area contributed by atoms with Gasteiger partial charge in [-0.25, -0.2) is 4.79 Å². The minimum absolute atomic E-state index is 0.231. The van der Waals surface area contributed by atoms with Gasteiger partial charge in [0.15, 0.2) is 0 Å². The maximum absolute atomic E-state index is 10.8. The molecule has 0 saturated carbocycles. The van der Waals surface area contributed by atoms with E-state index < -0.39 is 5.97 Å². The number of rotatable bonds is 4. The van der Waals surface area contributed by atoms with Crippen LogP contribution in [-0.4, -0.2) is 17.7 Å². The summed E-state index contributed by atoms with van der Waals surface area (Å²) in [5.41, 5.74) is 2.23. The molecule has 1 heterocycles. The van der Waals surface area contributed by atoms with Crippen LogP contribution in [0.1, 0.15) is 21.5 Å².